The van der Waals surface area contributed by atoms with E-state index in [2.05, 4.69) is 10.1 Å². The smallest absolute Gasteiger partial charge is 0.417 e. The Bertz CT molecular complexity index is 1030. The van der Waals surface area contributed by atoms with Crippen molar-refractivity contribution in [2.45, 2.75) is 6.18 Å². The van der Waals surface area contributed by atoms with Gasteiger partial charge in [0, 0.05) is 16.2 Å². The van der Waals surface area contributed by atoms with Crippen molar-refractivity contribution in [1.29, 1.82) is 0 Å². The fourth-order valence-corrected chi connectivity index (χ4v) is 2.72. The number of halogens is 6. The van der Waals surface area contributed by atoms with Gasteiger partial charge < -0.3 is 4.74 Å². The Hall–Kier alpha value is -2.29. The number of pyridine rings is 1. The summed E-state index contributed by atoms with van der Waals surface area (Å²) in [6.45, 7) is 0. The van der Waals surface area contributed by atoms with Crippen LogP contribution in [0.1, 0.15) is 5.56 Å². The third-order valence-corrected chi connectivity index (χ3v) is 4.03. The van der Waals surface area contributed by atoms with E-state index in [1.165, 1.54) is 18.2 Å². The molecular formula is C16H7Cl3F3N3O2. The zero-order valence-electron chi connectivity index (χ0n) is 13.0. The number of alkyl halides is 3. The molecule has 2 aromatic heterocycles. The van der Waals surface area contributed by atoms with Crippen LogP contribution in [0.2, 0.25) is 15.1 Å². The molecule has 3 rings (SSSR count). The molecule has 0 radical (unpaired) electrons. The van der Waals surface area contributed by atoms with Gasteiger partial charge in [0.05, 0.1) is 11.8 Å². The first-order chi connectivity index (χ1) is 12.6. The molecule has 0 saturated heterocycles. The molecule has 0 N–H and O–H groups in total. The molecule has 0 unspecified atom stereocenters. The maximum absolute atomic E-state index is 12.6. The summed E-state index contributed by atoms with van der Waals surface area (Å²) in [4.78, 5) is 16.0. The minimum Gasteiger partial charge on any atom is -0.454 e. The van der Waals surface area contributed by atoms with Crippen LogP contribution >= 0.6 is 34.8 Å². The number of nitrogens with zero attached hydrogens (tertiary/aromatic N) is 3. The second-order valence-corrected chi connectivity index (χ2v) is 6.40. The molecule has 0 aliphatic heterocycles. The molecule has 0 aliphatic carbocycles. The summed E-state index contributed by atoms with van der Waals surface area (Å²) in [5, 5.41) is 4.10. The normalized spacial score (nSPS) is 11.5. The summed E-state index contributed by atoms with van der Waals surface area (Å²) in [5.74, 6) is 0.0106. The Morgan fingerprint density at radius 2 is 1.67 bits per heavy atom. The van der Waals surface area contributed by atoms with Gasteiger partial charge in [-0.05, 0) is 30.3 Å². The molecule has 0 fully saturated rings. The summed E-state index contributed by atoms with van der Waals surface area (Å²) in [5.41, 5.74) is -1.78. The highest BCUT2D eigenvalue weighted by molar-refractivity contribution is 6.34. The maximum atomic E-state index is 12.6. The van der Waals surface area contributed by atoms with E-state index in [1.807, 2.05) is 0 Å². The predicted octanol–water partition coefficient (Wildman–Crippen LogP) is 5.40. The molecule has 0 atom stereocenters. The highest BCUT2D eigenvalue weighted by atomic mass is 35.5. The lowest BCUT2D eigenvalue weighted by Crippen LogP contribution is -2.23. The van der Waals surface area contributed by atoms with Crippen molar-refractivity contribution in [1.82, 2.24) is 14.8 Å². The molecule has 11 heteroatoms. The molecular weight excluding hydrogens is 430 g/mol. The van der Waals surface area contributed by atoms with Gasteiger partial charge in [-0.25, -0.2) is 4.98 Å². The van der Waals surface area contributed by atoms with Gasteiger partial charge in [-0.2, -0.15) is 23.0 Å². The van der Waals surface area contributed by atoms with Crippen LogP contribution in [0.5, 0.6) is 11.5 Å². The molecule has 27 heavy (non-hydrogen) atoms. The Morgan fingerprint density at radius 3 is 2.22 bits per heavy atom. The summed E-state index contributed by atoms with van der Waals surface area (Å²) >= 11 is 17.7. The van der Waals surface area contributed by atoms with Gasteiger partial charge in [0.2, 0.25) is 0 Å². The van der Waals surface area contributed by atoms with Gasteiger partial charge in [-0.3, -0.25) is 4.79 Å². The maximum Gasteiger partial charge on any atom is 0.417 e. The van der Waals surface area contributed by atoms with E-state index in [0.717, 1.165) is 23.0 Å². The Morgan fingerprint density at radius 1 is 1.00 bits per heavy atom. The fraction of sp³-hybridized carbons (Fsp3) is 0.0625. The summed E-state index contributed by atoms with van der Waals surface area (Å²) in [7, 11) is 0. The van der Waals surface area contributed by atoms with Crippen LogP contribution < -0.4 is 10.3 Å². The van der Waals surface area contributed by atoms with Crippen LogP contribution in [0, 0.1) is 0 Å². The SMILES string of the molecule is O=c1c(Cl)c(Oc2cc(Cl)cc(Cl)c2)cnn1-c1ccc(C(F)(F)F)cn1. The van der Waals surface area contributed by atoms with Crippen LogP contribution in [0.15, 0.2) is 47.5 Å². The van der Waals surface area contributed by atoms with Crippen molar-refractivity contribution in [2.75, 3.05) is 0 Å². The second kappa shape index (κ2) is 7.38. The number of hydrogen-bond acceptors (Lipinski definition) is 4. The van der Waals surface area contributed by atoms with Crippen molar-refractivity contribution >= 4 is 34.8 Å². The molecule has 0 spiro atoms. The van der Waals surface area contributed by atoms with Crippen molar-refractivity contribution in [3.8, 4) is 17.3 Å². The summed E-state index contributed by atoms with van der Waals surface area (Å²) in [6.07, 6.45) is -2.83. The van der Waals surface area contributed by atoms with Crippen LogP contribution in [0.3, 0.4) is 0 Å². The minimum atomic E-state index is -4.54. The van der Waals surface area contributed by atoms with Crippen molar-refractivity contribution in [3.05, 3.63) is 73.7 Å². The monoisotopic (exact) mass is 435 g/mol. The van der Waals surface area contributed by atoms with Gasteiger partial charge in [0.15, 0.2) is 16.6 Å². The first kappa shape index (κ1) is 19.5. The summed E-state index contributed by atoms with van der Waals surface area (Å²) in [6, 6.07) is 6.18. The van der Waals surface area contributed by atoms with Crippen LogP contribution in [-0.2, 0) is 6.18 Å². The van der Waals surface area contributed by atoms with E-state index in [0.29, 0.717) is 16.2 Å². The molecule has 0 amide bonds. The van der Waals surface area contributed by atoms with Gasteiger partial charge >= 0.3 is 6.18 Å². The quantitative estimate of drug-likeness (QED) is 0.552. The number of benzene rings is 1. The summed E-state index contributed by atoms with van der Waals surface area (Å²) < 4.78 is 44.0. The van der Waals surface area contributed by atoms with Gasteiger partial charge in [0.25, 0.3) is 5.56 Å². The highest BCUT2D eigenvalue weighted by Crippen LogP contribution is 2.31. The van der Waals surface area contributed by atoms with Crippen LogP contribution in [0.4, 0.5) is 13.2 Å². The molecule has 1 aromatic carbocycles. The molecule has 2 heterocycles. The standard InChI is InChI=1S/C16H7Cl3F3N3O2/c17-9-3-10(18)5-11(4-9)27-12-7-24-25(15(26)14(12)19)13-2-1-8(6-23-13)16(20,21)22/h1-7H. The third-order valence-electron chi connectivity index (χ3n) is 3.24. The molecule has 0 bridgehead atoms. The topological polar surface area (TPSA) is 57.0 Å². The molecule has 3 aromatic rings. The van der Waals surface area contributed by atoms with E-state index in [-0.39, 0.29) is 22.3 Å². The lowest BCUT2D eigenvalue weighted by atomic mass is 10.3. The van der Waals surface area contributed by atoms with Gasteiger partial charge in [-0.15, -0.1) is 0 Å². The first-order valence-electron chi connectivity index (χ1n) is 7.10. The van der Waals surface area contributed by atoms with Gasteiger partial charge in [0.1, 0.15) is 5.75 Å². The molecule has 0 aliphatic rings. The zero-order valence-corrected chi connectivity index (χ0v) is 15.2. The van der Waals surface area contributed by atoms with Crippen molar-refractivity contribution < 1.29 is 17.9 Å². The first-order valence-corrected chi connectivity index (χ1v) is 8.24. The minimum absolute atomic E-state index is 0.0804. The number of rotatable bonds is 3. The van der Waals surface area contributed by atoms with E-state index in [9.17, 15) is 18.0 Å². The van der Waals surface area contributed by atoms with Crippen LogP contribution in [0.25, 0.3) is 5.82 Å². The molecule has 0 saturated carbocycles. The van der Waals surface area contributed by atoms with E-state index >= 15 is 0 Å². The lowest BCUT2D eigenvalue weighted by Gasteiger charge is -2.10. The third kappa shape index (κ3) is 4.35. The highest BCUT2D eigenvalue weighted by Gasteiger charge is 2.30. The Kier molecular flexibility index (Phi) is 5.32. The van der Waals surface area contributed by atoms with Crippen molar-refractivity contribution in [3.63, 3.8) is 0 Å². The largest absolute Gasteiger partial charge is 0.454 e. The number of aromatic nitrogens is 3. The second-order valence-electron chi connectivity index (χ2n) is 5.15. The lowest BCUT2D eigenvalue weighted by molar-refractivity contribution is -0.137. The molecule has 5 nitrogen and oxygen atoms in total. The average Bonchev–Trinajstić information content (AvgIpc) is 2.58. The van der Waals surface area contributed by atoms with E-state index in [1.54, 1.807) is 0 Å². The number of hydrogen-bond donors (Lipinski definition) is 0. The van der Waals surface area contributed by atoms with Crippen LogP contribution in [-0.4, -0.2) is 14.8 Å². The average molecular weight is 437 g/mol. The zero-order chi connectivity index (χ0) is 19.8. The number of ether oxygens (including phenoxy) is 1. The van der Waals surface area contributed by atoms with E-state index in [4.69, 9.17) is 39.5 Å². The Labute approximate surface area is 164 Å². The predicted molar refractivity (Wildman–Crippen MR) is 94.2 cm³/mol. The Balaban J connectivity index is 1.94. The fourth-order valence-electron chi connectivity index (χ4n) is 2.05. The van der Waals surface area contributed by atoms with Crippen molar-refractivity contribution in [2.24, 2.45) is 0 Å². The van der Waals surface area contributed by atoms with E-state index < -0.39 is 17.3 Å². The van der Waals surface area contributed by atoms with Gasteiger partial charge in [-0.1, -0.05) is 34.8 Å². The molecule has 140 valence electrons.